The Morgan fingerprint density at radius 2 is 2.30 bits per heavy atom. The van der Waals surface area contributed by atoms with E-state index in [2.05, 4.69) is 15.6 Å². The normalized spacial score (nSPS) is 27.0. The number of hydrogen-bond acceptors (Lipinski definition) is 3. The van der Waals surface area contributed by atoms with Crippen molar-refractivity contribution in [2.75, 3.05) is 18.4 Å². The van der Waals surface area contributed by atoms with Crippen LogP contribution < -0.4 is 15.2 Å². The van der Waals surface area contributed by atoms with Crippen LogP contribution in [0, 0.1) is 12.8 Å². The fourth-order valence-corrected chi connectivity index (χ4v) is 5.00. The molecule has 1 aliphatic heterocycles. The Bertz CT molecular complexity index is 757. The summed E-state index contributed by atoms with van der Waals surface area (Å²) in [4.78, 5) is 4.40. The molecule has 124 valence electrons. The average Bonchev–Trinajstić information content (AvgIpc) is 3.11. The van der Waals surface area contributed by atoms with Gasteiger partial charge in [0.2, 0.25) is 0 Å². The first-order valence-corrected chi connectivity index (χ1v) is 9.31. The van der Waals surface area contributed by atoms with E-state index in [1.807, 2.05) is 6.07 Å². The van der Waals surface area contributed by atoms with Crippen LogP contribution in [0.5, 0.6) is 0 Å². The summed E-state index contributed by atoms with van der Waals surface area (Å²) < 4.78 is 40.5. The molecule has 3 heterocycles. The quantitative estimate of drug-likeness (QED) is 0.785. The molecule has 2 aliphatic rings. The van der Waals surface area contributed by atoms with E-state index in [0.29, 0.717) is 21.9 Å². The number of nitrogens with zero attached hydrogens (tertiary/aromatic N) is 2. The summed E-state index contributed by atoms with van der Waals surface area (Å²) in [6, 6.07) is 1.81. The van der Waals surface area contributed by atoms with Gasteiger partial charge in [-0.25, -0.2) is 0 Å². The Hall–Kier alpha value is -1.24. The molecule has 1 saturated carbocycles. The van der Waals surface area contributed by atoms with Gasteiger partial charge in [-0.15, -0.1) is 0 Å². The van der Waals surface area contributed by atoms with E-state index in [1.165, 1.54) is 0 Å². The molecule has 2 aromatic heterocycles. The second-order valence-corrected chi connectivity index (χ2v) is 8.56. The number of alkyl halides is 3. The summed E-state index contributed by atoms with van der Waals surface area (Å²) in [5, 5.41) is 2.75. The Kier molecular flexibility index (Phi) is 3.41. The third-order valence-corrected chi connectivity index (χ3v) is 6.76. The standard InChI is InChI=1S/C15H17F3N4Se/c1-9-6-11-12(21-14-2-3-19-8-10(14)7-14)20-4-5-22(11)13(9)23-15(16,17)18/h4-6,10,19H,2-3,7-8H2,1H3,(H,20,21). The van der Waals surface area contributed by atoms with Crippen LogP contribution in [0.15, 0.2) is 18.5 Å². The zero-order chi connectivity index (χ0) is 16.2. The van der Waals surface area contributed by atoms with Gasteiger partial charge < -0.3 is 0 Å². The maximum absolute atomic E-state index is 12.8. The van der Waals surface area contributed by atoms with E-state index in [4.69, 9.17) is 0 Å². The third kappa shape index (κ3) is 2.73. The summed E-state index contributed by atoms with van der Waals surface area (Å²) in [6.45, 7) is 3.70. The molecule has 0 spiro atoms. The van der Waals surface area contributed by atoms with E-state index in [-0.39, 0.29) is 5.54 Å². The average molecular weight is 389 g/mol. The van der Waals surface area contributed by atoms with Gasteiger partial charge in [-0.2, -0.15) is 0 Å². The van der Waals surface area contributed by atoms with Gasteiger partial charge in [-0.3, -0.25) is 0 Å². The minimum absolute atomic E-state index is 0.0770. The number of rotatable bonds is 3. The number of aromatic nitrogens is 2. The molecule has 8 heteroatoms. The molecule has 4 rings (SSSR count). The van der Waals surface area contributed by atoms with E-state index in [1.54, 1.807) is 23.7 Å². The second kappa shape index (κ2) is 5.13. The van der Waals surface area contributed by atoms with Crippen molar-refractivity contribution in [3.63, 3.8) is 0 Å². The molecule has 2 unspecified atom stereocenters. The van der Waals surface area contributed by atoms with Crippen LogP contribution in [0.25, 0.3) is 5.52 Å². The first-order chi connectivity index (χ1) is 10.9. The number of fused-ring (bicyclic) bond motifs is 2. The minimum atomic E-state index is -4.15. The molecular formula is C15H17F3N4Se. The summed E-state index contributed by atoms with van der Waals surface area (Å²) in [5.74, 6) is 1.29. The van der Waals surface area contributed by atoms with Crippen molar-refractivity contribution in [3.05, 3.63) is 24.0 Å². The van der Waals surface area contributed by atoms with Crippen molar-refractivity contribution >= 4 is 30.9 Å². The first kappa shape index (κ1) is 15.3. The zero-order valence-electron chi connectivity index (χ0n) is 12.6. The number of aryl methyl sites for hydroxylation is 1. The molecule has 0 aromatic carbocycles. The number of hydrogen-bond donors (Lipinski definition) is 2. The molecule has 0 bridgehead atoms. The second-order valence-electron chi connectivity index (χ2n) is 6.35. The van der Waals surface area contributed by atoms with E-state index in [0.717, 1.165) is 31.4 Å². The van der Waals surface area contributed by atoms with Gasteiger partial charge in [0.05, 0.1) is 0 Å². The van der Waals surface area contributed by atoms with Gasteiger partial charge in [-0.05, 0) is 0 Å². The summed E-state index contributed by atoms with van der Waals surface area (Å²) in [5.41, 5.74) is 1.49. The van der Waals surface area contributed by atoms with Crippen LogP contribution >= 0.6 is 0 Å². The Balaban J connectivity index is 1.70. The predicted molar refractivity (Wildman–Crippen MR) is 83.3 cm³/mol. The van der Waals surface area contributed by atoms with Gasteiger partial charge in [0.1, 0.15) is 0 Å². The van der Waals surface area contributed by atoms with Crippen LogP contribution in [-0.4, -0.2) is 48.0 Å². The van der Waals surface area contributed by atoms with E-state index >= 15 is 0 Å². The molecule has 1 aliphatic carbocycles. The summed E-state index contributed by atoms with van der Waals surface area (Å²) in [7, 11) is 0. The van der Waals surface area contributed by atoms with Gasteiger partial charge in [-0.1, -0.05) is 0 Å². The van der Waals surface area contributed by atoms with Crippen LogP contribution in [0.1, 0.15) is 18.4 Å². The molecule has 2 N–H and O–H groups in total. The SMILES string of the molecule is Cc1cc2c(NC34CCNCC3C4)nccn2c1[Se]C(F)(F)F. The van der Waals surface area contributed by atoms with Crippen molar-refractivity contribution in [2.24, 2.45) is 5.92 Å². The Labute approximate surface area is 138 Å². The molecule has 0 radical (unpaired) electrons. The first-order valence-electron chi connectivity index (χ1n) is 7.59. The molecular weight excluding hydrogens is 372 g/mol. The van der Waals surface area contributed by atoms with E-state index < -0.39 is 20.0 Å². The maximum atomic E-state index is 12.8. The number of nitrogens with one attached hydrogen (secondary N) is 2. The Morgan fingerprint density at radius 1 is 1.48 bits per heavy atom. The summed E-state index contributed by atoms with van der Waals surface area (Å²) >= 11 is -1.56. The van der Waals surface area contributed by atoms with Gasteiger partial charge in [0.15, 0.2) is 0 Å². The number of anilines is 1. The van der Waals surface area contributed by atoms with Crippen molar-refractivity contribution in [3.8, 4) is 0 Å². The molecule has 1 saturated heterocycles. The van der Waals surface area contributed by atoms with Crippen LogP contribution in [0.2, 0.25) is 0 Å². The molecule has 0 amide bonds. The number of halogens is 3. The Morgan fingerprint density at radius 3 is 3.04 bits per heavy atom. The third-order valence-electron chi connectivity index (χ3n) is 4.78. The van der Waals surface area contributed by atoms with Gasteiger partial charge in [0, 0.05) is 0 Å². The molecule has 2 fully saturated rings. The molecule has 2 atom stereocenters. The van der Waals surface area contributed by atoms with Crippen molar-refractivity contribution < 1.29 is 13.2 Å². The van der Waals surface area contributed by atoms with Crippen LogP contribution in [-0.2, 0) is 0 Å². The molecule has 23 heavy (non-hydrogen) atoms. The topological polar surface area (TPSA) is 41.4 Å². The molecule has 4 nitrogen and oxygen atoms in total. The fourth-order valence-electron chi connectivity index (χ4n) is 3.54. The van der Waals surface area contributed by atoms with Gasteiger partial charge >= 0.3 is 137 Å². The van der Waals surface area contributed by atoms with Crippen LogP contribution in [0.4, 0.5) is 19.0 Å². The van der Waals surface area contributed by atoms with Gasteiger partial charge in [0.25, 0.3) is 0 Å². The number of piperidine rings is 1. The van der Waals surface area contributed by atoms with Crippen molar-refractivity contribution in [2.45, 2.75) is 30.4 Å². The van der Waals surface area contributed by atoms with Crippen LogP contribution in [0.3, 0.4) is 0 Å². The van der Waals surface area contributed by atoms with Crippen molar-refractivity contribution in [1.29, 1.82) is 0 Å². The fraction of sp³-hybridized carbons (Fsp3) is 0.533. The van der Waals surface area contributed by atoms with Crippen molar-refractivity contribution in [1.82, 2.24) is 14.7 Å². The predicted octanol–water partition coefficient (Wildman–Crippen LogP) is 1.66. The van der Waals surface area contributed by atoms with E-state index in [9.17, 15) is 13.2 Å². The summed E-state index contributed by atoms with van der Waals surface area (Å²) in [6.07, 6.45) is 5.34. The monoisotopic (exact) mass is 390 g/mol. The zero-order valence-corrected chi connectivity index (χ0v) is 14.3. The molecule has 2 aromatic rings.